The number of carbonyl (C=O) groups excluding carboxylic acids is 1. The number of nitrogens with zero attached hydrogens (tertiary/aromatic N) is 4. The molecule has 0 bridgehead atoms. The summed E-state index contributed by atoms with van der Waals surface area (Å²) in [5.74, 6) is 0.509. The lowest BCUT2D eigenvalue weighted by atomic mass is 10.1. The molecule has 32 heavy (non-hydrogen) atoms. The molecule has 2 aromatic rings. The Labute approximate surface area is 194 Å². The average molecular weight is 505 g/mol. The summed E-state index contributed by atoms with van der Waals surface area (Å²) >= 11 is 3.61. The van der Waals surface area contributed by atoms with Crippen LogP contribution in [0.25, 0.3) is 0 Å². The molecule has 2 aliphatic rings. The van der Waals surface area contributed by atoms with Crippen LogP contribution in [-0.2, 0) is 18.4 Å². The number of halogens is 1. The number of piperidine rings is 1. The van der Waals surface area contributed by atoms with E-state index in [1.807, 2.05) is 41.0 Å². The highest BCUT2D eigenvalue weighted by atomic mass is 79.9. The lowest BCUT2D eigenvalue weighted by Gasteiger charge is -2.43. The molecule has 2 unspecified atom stereocenters. The van der Waals surface area contributed by atoms with Crippen molar-refractivity contribution in [2.75, 3.05) is 29.4 Å². The predicted octanol–water partition coefficient (Wildman–Crippen LogP) is 1.35. The van der Waals surface area contributed by atoms with E-state index in [0.717, 1.165) is 29.4 Å². The molecule has 0 amide bonds. The Balaban J connectivity index is 1.89. The van der Waals surface area contributed by atoms with Gasteiger partial charge in [0.2, 0.25) is 0 Å². The quantitative estimate of drug-likeness (QED) is 0.611. The van der Waals surface area contributed by atoms with Crippen molar-refractivity contribution in [3.05, 3.63) is 55.1 Å². The first-order valence-electron chi connectivity index (χ1n) is 10.9. The smallest absolute Gasteiger partial charge is 0.327 e. The fourth-order valence-electron chi connectivity index (χ4n) is 4.65. The summed E-state index contributed by atoms with van der Waals surface area (Å²) in [4.78, 5) is 46.7. The first-order chi connectivity index (χ1) is 15.3. The second-order valence-corrected chi connectivity index (χ2v) is 9.33. The molecule has 1 aromatic carbocycles. The molecule has 172 valence electrons. The number of H-pyrrole nitrogens is 1. The number of rotatable bonds is 6. The minimum absolute atomic E-state index is 0.0172. The number of anilines is 2. The van der Waals surface area contributed by atoms with Crippen LogP contribution in [0.5, 0.6) is 0 Å². The molecular formula is C22H29BrN6O3. The molecule has 2 aliphatic heterocycles. The molecule has 1 saturated heterocycles. The Morgan fingerprint density at radius 3 is 2.69 bits per heavy atom. The number of benzene rings is 1. The van der Waals surface area contributed by atoms with Crippen LogP contribution >= 0.6 is 15.9 Å². The summed E-state index contributed by atoms with van der Waals surface area (Å²) in [5.41, 5.74) is 6.75. The van der Waals surface area contributed by atoms with Crippen LogP contribution in [0.1, 0.15) is 31.7 Å². The van der Waals surface area contributed by atoms with Gasteiger partial charge in [0.15, 0.2) is 12.1 Å². The summed E-state index contributed by atoms with van der Waals surface area (Å²) in [6, 6.07) is 7.87. The van der Waals surface area contributed by atoms with Crippen molar-refractivity contribution in [3.8, 4) is 0 Å². The lowest BCUT2D eigenvalue weighted by Crippen LogP contribution is -2.60. The molecule has 0 radical (unpaired) electrons. The SMILES string of the molecule is CCC(=O)CN1c2c(c(=O)[nH]c(=O)n2C)N(Cc2ccccc2Br)C1N1CCCC(N)C1. The average Bonchev–Trinajstić information content (AvgIpc) is 3.07. The first-order valence-corrected chi connectivity index (χ1v) is 11.7. The van der Waals surface area contributed by atoms with Gasteiger partial charge in [0.1, 0.15) is 11.5 Å². The Bertz CT molecular complexity index is 1130. The molecule has 3 heterocycles. The van der Waals surface area contributed by atoms with Crippen molar-refractivity contribution in [2.45, 2.75) is 45.1 Å². The van der Waals surface area contributed by atoms with Crippen LogP contribution in [0, 0.1) is 0 Å². The second-order valence-electron chi connectivity index (χ2n) is 8.47. The van der Waals surface area contributed by atoms with Gasteiger partial charge in [0.05, 0.1) is 6.54 Å². The van der Waals surface area contributed by atoms with Crippen molar-refractivity contribution in [1.29, 1.82) is 0 Å². The number of Topliss-reactive ketones (excluding diaryl/α,β-unsaturated/α-hetero) is 1. The van der Waals surface area contributed by atoms with Crippen LogP contribution in [0.2, 0.25) is 0 Å². The molecule has 3 N–H and O–H groups in total. The van der Waals surface area contributed by atoms with Crippen molar-refractivity contribution in [3.63, 3.8) is 0 Å². The number of nitrogens with two attached hydrogens (primary N) is 1. The number of fused-ring (bicyclic) bond motifs is 1. The van der Waals surface area contributed by atoms with Crippen LogP contribution in [0.3, 0.4) is 0 Å². The van der Waals surface area contributed by atoms with Gasteiger partial charge in [-0.15, -0.1) is 0 Å². The third-order valence-electron chi connectivity index (χ3n) is 6.24. The molecule has 0 aliphatic carbocycles. The normalized spacial score (nSPS) is 21.1. The maximum atomic E-state index is 13.1. The third kappa shape index (κ3) is 4.14. The summed E-state index contributed by atoms with van der Waals surface area (Å²) < 4.78 is 2.36. The van der Waals surface area contributed by atoms with Crippen molar-refractivity contribution in [1.82, 2.24) is 14.5 Å². The zero-order valence-corrected chi connectivity index (χ0v) is 20.0. The maximum absolute atomic E-state index is 13.1. The molecular weight excluding hydrogens is 476 g/mol. The predicted molar refractivity (Wildman–Crippen MR) is 128 cm³/mol. The second kappa shape index (κ2) is 9.21. The highest BCUT2D eigenvalue weighted by Gasteiger charge is 2.44. The number of likely N-dealkylation sites (tertiary alicyclic amines) is 1. The fourth-order valence-corrected chi connectivity index (χ4v) is 5.06. The van der Waals surface area contributed by atoms with Gasteiger partial charge in [0, 0.05) is 43.6 Å². The molecule has 4 rings (SSSR count). The Hall–Kier alpha value is -2.43. The van der Waals surface area contributed by atoms with Crippen LogP contribution in [0.15, 0.2) is 38.3 Å². The van der Waals surface area contributed by atoms with Crippen LogP contribution in [0.4, 0.5) is 11.5 Å². The van der Waals surface area contributed by atoms with Crippen molar-refractivity contribution in [2.24, 2.45) is 12.8 Å². The van der Waals surface area contributed by atoms with Crippen molar-refractivity contribution < 1.29 is 4.79 Å². The molecule has 2 atom stereocenters. The molecule has 9 nitrogen and oxygen atoms in total. The number of carbonyl (C=O) groups is 1. The molecule has 1 aromatic heterocycles. The number of aromatic nitrogens is 2. The Morgan fingerprint density at radius 2 is 2.00 bits per heavy atom. The van der Waals surface area contributed by atoms with E-state index in [0.29, 0.717) is 31.0 Å². The lowest BCUT2D eigenvalue weighted by molar-refractivity contribution is -0.117. The minimum atomic E-state index is -0.500. The summed E-state index contributed by atoms with van der Waals surface area (Å²) in [7, 11) is 1.63. The highest BCUT2D eigenvalue weighted by molar-refractivity contribution is 9.10. The van der Waals surface area contributed by atoms with Gasteiger partial charge < -0.3 is 15.5 Å². The van der Waals surface area contributed by atoms with E-state index in [2.05, 4.69) is 25.8 Å². The van der Waals surface area contributed by atoms with Gasteiger partial charge >= 0.3 is 5.69 Å². The highest BCUT2D eigenvalue weighted by Crippen LogP contribution is 2.39. The fraction of sp³-hybridized carbons (Fsp3) is 0.500. The molecule has 1 fully saturated rings. The van der Waals surface area contributed by atoms with Gasteiger partial charge in [-0.3, -0.25) is 24.0 Å². The Morgan fingerprint density at radius 1 is 1.25 bits per heavy atom. The van der Waals surface area contributed by atoms with E-state index in [1.165, 1.54) is 4.57 Å². The number of ketones is 1. The first kappa shape index (κ1) is 22.8. The Kier molecular flexibility index (Phi) is 6.55. The zero-order chi connectivity index (χ0) is 23.0. The van der Waals surface area contributed by atoms with E-state index >= 15 is 0 Å². The largest absolute Gasteiger partial charge is 0.329 e. The van der Waals surface area contributed by atoms with Crippen molar-refractivity contribution >= 4 is 33.2 Å². The van der Waals surface area contributed by atoms with Gasteiger partial charge in [-0.05, 0) is 24.5 Å². The number of hydrogen-bond acceptors (Lipinski definition) is 7. The van der Waals surface area contributed by atoms with E-state index in [9.17, 15) is 14.4 Å². The van der Waals surface area contributed by atoms with Gasteiger partial charge in [0.25, 0.3) is 5.56 Å². The molecule has 0 spiro atoms. The summed E-state index contributed by atoms with van der Waals surface area (Å²) in [5, 5.41) is 0. The zero-order valence-electron chi connectivity index (χ0n) is 18.4. The van der Waals surface area contributed by atoms with E-state index in [-0.39, 0.29) is 18.4 Å². The van der Waals surface area contributed by atoms with E-state index in [1.54, 1.807) is 7.05 Å². The van der Waals surface area contributed by atoms with Gasteiger partial charge in [-0.25, -0.2) is 4.79 Å². The monoisotopic (exact) mass is 504 g/mol. The van der Waals surface area contributed by atoms with E-state index in [4.69, 9.17) is 5.73 Å². The van der Waals surface area contributed by atoms with Crippen LogP contribution in [-0.4, -0.2) is 52.2 Å². The number of aromatic amines is 1. The molecule has 10 heteroatoms. The van der Waals surface area contributed by atoms with Gasteiger partial charge in [-0.2, -0.15) is 0 Å². The molecule has 0 saturated carbocycles. The topological polar surface area (TPSA) is 108 Å². The number of nitrogens with one attached hydrogen (secondary N) is 1. The standard InChI is InChI=1S/C22H29BrN6O3/c1-3-16(30)13-29-20-18(19(31)25-21(32)26(20)2)28(11-14-7-4-5-9-17(14)23)22(29)27-10-6-8-15(24)12-27/h4-5,7,9,15,22H,3,6,8,10-13,24H2,1-2H3,(H,25,31,32). The number of hydrogen-bond donors (Lipinski definition) is 2. The summed E-state index contributed by atoms with van der Waals surface area (Å²) in [6.07, 6.45) is 1.85. The third-order valence-corrected chi connectivity index (χ3v) is 7.02. The van der Waals surface area contributed by atoms with E-state index < -0.39 is 17.5 Å². The van der Waals surface area contributed by atoms with Gasteiger partial charge in [-0.1, -0.05) is 41.1 Å². The summed E-state index contributed by atoms with van der Waals surface area (Å²) in [6.45, 7) is 3.81. The minimum Gasteiger partial charge on any atom is -0.327 e. The maximum Gasteiger partial charge on any atom is 0.329 e. The van der Waals surface area contributed by atoms with Crippen LogP contribution < -0.4 is 26.8 Å².